The lowest BCUT2D eigenvalue weighted by Crippen LogP contribution is -2.70. The number of ether oxygens (including phenoxy) is 6. The van der Waals surface area contributed by atoms with E-state index < -0.39 is 155 Å². The minimum atomic E-state index is -3.08. The van der Waals surface area contributed by atoms with Crippen LogP contribution in [0.1, 0.15) is 412 Å². The Hall–Kier alpha value is -2.53. The molecule has 114 heavy (non-hydrogen) atoms. The van der Waals surface area contributed by atoms with Gasteiger partial charge in [0.2, 0.25) is 11.8 Å². The van der Waals surface area contributed by atoms with Crippen LogP contribution in [-0.2, 0) is 42.8 Å². The number of allylic oxidation sites excluding steroid dienone is 1. The van der Waals surface area contributed by atoms with Crippen LogP contribution in [0.4, 0.5) is 0 Å². The standard InChI is InChI=1S/C91H172N2O21/c1-4-6-8-10-12-14-16-18-20-22-24-26-28-30-31-32-33-34-35-36-37-38-39-41-43-45-47-49-51-53-55-57-59-61-63-65-78(101)93-72(73(98)64-62-60-58-56-54-52-50-48-46-44-42-40-29-27-25-23-21-19-17-15-13-11-9-7-5-2)70-109-88-83(105)82(104)85(77(69-96)111-88)112-89-84(106)87(81(103)76(68-95)110-89)114-91(90(107)108)66-74(99)79(92-71(3)97)86(113-91)80(102)75(100)67-94/h62,64,72-77,79-89,94-96,98-100,102-106H,4-61,63,65-70H2,1-3H3,(H,92,97)(H,93,101)(H,107,108)/b64-62+. The van der Waals surface area contributed by atoms with Crippen molar-refractivity contribution in [1.82, 2.24) is 10.6 Å². The van der Waals surface area contributed by atoms with Crippen molar-refractivity contribution in [3.05, 3.63) is 12.2 Å². The molecule has 3 fully saturated rings. The number of aliphatic hydroxyl groups is 11. The molecule has 3 aliphatic heterocycles. The Balaban J connectivity index is 1.43. The van der Waals surface area contributed by atoms with Gasteiger partial charge in [-0.2, -0.15) is 0 Å². The minimum Gasteiger partial charge on any atom is -0.477 e. The summed E-state index contributed by atoms with van der Waals surface area (Å²) < 4.78 is 35.0. The zero-order chi connectivity index (χ0) is 83.1. The number of rotatable bonds is 77. The number of carbonyl (C=O) groups is 3. The zero-order valence-electron chi connectivity index (χ0n) is 72.0. The second-order valence-electron chi connectivity index (χ2n) is 34.2. The van der Waals surface area contributed by atoms with Crippen LogP contribution in [0.3, 0.4) is 0 Å². The van der Waals surface area contributed by atoms with E-state index in [9.17, 15) is 75.7 Å². The van der Waals surface area contributed by atoms with Crippen LogP contribution in [0.15, 0.2) is 12.2 Å². The predicted molar refractivity (Wildman–Crippen MR) is 449 cm³/mol. The number of unbranched alkanes of at least 4 members (excludes halogenated alkanes) is 57. The van der Waals surface area contributed by atoms with E-state index in [1.165, 1.54) is 321 Å². The van der Waals surface area contributed by atoms with Gasteiger partial charge in [-0.3, -0.25) is 9.59 Å². The summed E-state index contributed by atoms with van der Waals surface area (Å²) in [6, 6.07) is -2.62. The van der Waals surface area contributed by atoms with Gasteiger partial charge in [-0.15, -0.1) is 0 Å². The van der Waals surface area contributed by atoms with Crippen LogP contribution < -0.4 is 10.6 Å². The Morgan fingerprint density at radius 3 is 1.17 bits per heavy atom. The van der Waals surface area contributed by atoms with Gasteiger partial charge in [0, 0.05) is 19.8 Å². The number of carbonyl (C=O) groups excluding carboxylic acids is 2. The Kier molecular flexibility index (Phi) is 64.0. The van der Waals surface area contributed by atoms with E-state index in [1.54, 1.807) is 6.08 Å². The molecule has 0 radical (unpaired) electrons. The molecule has 3 rings (SSSR count). The molecule has 18 atom stereocenters. The molecule has 0 spiro atoms. The molecule has 23 nitrogen and oxygen atoms in total. The fourth-order valence-electron chi connectivity index (χ4n) is 16.6. The summed E-state index contributed by atoms with van der Waals surface area (Å²) in [4.78, 5) is 38.8. The van der Waals surface area contributed by atoms with E-state index in [4.69, 9.17) is 28.4 Å². The molecule has 3 aliphatic rings. The first-order valence-electron chi connectivity index (χ1n) is 47.1. The molecule has 0 aromatic rings. The summed E-state index contributed by atoms with van der Waals surface area (Å²) in [7, 11) is 0. The molecular formula is C91H172N2O21. The maximum atomic E-state index is 13.6. The van der Waals surface area contributed by atoms with Crippen molar-refractivity contribution >= 4 is 17.8 Å². The quantitative estimate of drug-likeness (QED) is 0.0199. The SMILES string of the molecule is CCCCCCCCCCCCCCCCCCCCCCCCC/C=C/C(O)C(COC1OC(CO)C(OC2OC(CO)C(O)C(OC3(C(=O)O)CC(O)C(NC(C)=O)C(C(O)C(O)CO)O3)C2O)C(O)C1O)NC(=O)CCCCCCCCCCCCCCCCCCCCCCCCCCCCCCCCCCCCC. The highest BCUT2D eigenvalue weighted by Crippen LogP contribution is 2.39. The van der Waals surface area contributed by atoms with Gasteiger partial charge in [0.05, 0.1) is 50.7 Å². The molecule has 0 aliphatic carbocycles. The molecule has 14 N–H and O–H groups in total. The fraction of sp³-hybridized carbons (Fsp3) is 0.945. The fourth-order valence-corrected chi connectivity index (χ4v) is 16.6. The molecule has 3 heterocycles. The third-order valence-electron chi connectivity index (χ3n) is 24.0. The predicted octanol–water partition coefficient (Wildman–Crippen LogP) is 15.6. The summed E-state index contributed by atoms with van der Waals surface area (Å²) in [6.07, 6.45) is 51.3. The highest BCUT2D eigenvalue weighted by atomic mass is 16.8. The third-order valence-corrected chi connectivity index (χ3v) is 24.0. The third kappa shape index (κ3) is 47.0. The van der Waals surface area contributed by atoms with Gasteiger partial charge in [-0.25, -0.2) is 4.79 Å². The molecule has 3 saturated heterocycles. The lowest BCUT2D eigenvalue weighted by molar-refractivity contribution is -0.386. The molecule has 2 amide bonds. The Morgan fingerprint density at radius 2 is 0.816 bits per heavy atom. The molecule has 0 saturated carbocycles. The Labute approximate surface area is 690 Å². The largest absolute Gasteiger partial charge is 0.477 e. The molecule has 0 aromatic heterocycles. The lowest BCUT2D eigenvalue weighted by atomic mass is 9.88. The van der Waals surface area contributed by atoms with Crippen molar-refractivity contribution in [1.29, 1.82) is 0 Å². The number of aliphatic carboxylic acids is 1. The molecule has 0 bridgehead atoms. The van der Waals surface area contributed by atoms with Crippen molar-refractivity contribution < 1.29 is 104 Å². The van der Waals surface area contributed by atoms with Crippen LogP contribution >= 0.6 is 0 Å². The van der Waals surface area contributed by atoms with E-state index in [1.807, 2.05) is 6.08 Å². The summed E-state index contributed by atoms with van der Waals surface area (Å²) >= 11 is 0. The van der Waals surface area contributed by atoms with Gasteiger partial charge >= 0.3 is 5.97 Å². The number of carboxylic acid groups (broad SMARTS) is 1. The van der Waals surface area contributed by atoms with Crippen LogP contribution in [-0.4, -0.2) is 215 Å². The minimum absolute atomic E-state index is 0.206. The van der Waals surface area contributed by atoms with Crippen LogP contribution in [0.2, 0.25) is 0 Å². The van der Waals surface area contributed by atoms with Crippen molar-refractivity contribution in [2.24, 2.45) is 0 Å². The van der Waals surface area contributed by atoms with Crippen LogP contribution in [0, 0.1) is 0 Å². The van der Waals surface area contributed by atoms with E-state index in [-0.39, 0.29) is 12.3 Å². The maximum absolute atomic E-state index is 13.6. The number of carboxylic acids is 1. The van der Waals surface area contributed by atoms with Crippen molar-refractivity contribution in [3.63, 3.8) is 0 Å². The topological polar surface area (TPSA) is 373 Å². The van der Waals surface area contributed by atoms with Crippen molar-refractivity contribution in [3.8, 4) is 0 Å². The first kappa shape index (κ1) is 106. The number of hydrogen-bond donors (Lipinski definition) is 14. The average molecular weight is 1630 g/mol. The summed E-state index contributed by atoms with van der Waals surface area (Å²) in [5.74, 6) is -6.13. The first-order chi connectivity index (χ1) is 55.4. The molecule has 0 aromatic carbocycles. The Bertz CT molecular complexity index is 2300. The van der Waals surface area contributed by atoms with Gasteiger partial charge in [0.1, 0.15) is 67.1 Å². The summed E-state index contributed by atoms with van der Waals surface area (Å²) in [6.45, 7) is 2.23. The molecule has 18 unspecified atom stereocenters. The van der Waals surface area contributed by atoms with Gasteiger partial charge in [-0.1, -0.05) is 386 Å². The van der Waals surface area contributed by atoms with Gasteiger partial charge in [-0.05, 0) is 19.3 Å². The number of aliphatic hydroxyl groups excluding tert-OH is 11. The summed E-state index contributed by atoms with van der Waals surface area (Å²) in [5.41, 5.74) is 0. The Morgan fingerprint density at radius 1 is 0.456 bits per heavy atom. The van der Waals surface area contributed by atoms with E-state index in [2.05, 4.69) is 24.5 Å². The normalized spacial score (nSPS) is 25.1. The van der Waals surface area contributed by atoms with Crippen LogP contribution in [0.5, 0.6) is 0 Å². The van der Waals surface area contributed by atoms with Gasteiger partial charge in [0.25, 0.3) is 5.79 Å². The number of amides is 2. The van der Waals surface area contributed by atoms with Gasteiger partial charge in [0.15, 0.2) is 12.6 Å². The molecule has 23 heteroatoms. The monoisotopic (exact) mass is 1630 g/mol. The molecular weight excluding hydrogens is 1460 g/mol. The lowest BCUT2D eigenvalue weighted by Gasteiger charge is -2.50. The first-order valence-corrected chi connectivity index (χ1v) is 47.1. The highest BCUT2D eigenvalue weighted by Gasteiger charge is 2.60. The average Bonchev–Trinajstić information content (AvgIpc) is 0.748. The van der Waals surface area contributed by atoms with Gasteiger partial charge < -0.3 is 100 Å². The summed E-state index contributed by atoms with van der Waals surface area (Å²) in [5, 5.41) is 137. The van der Waals surface area contributed by atoms with E-state index >= 15 is 0 Å². The van der Waals surface area contributed by atoms with Crippen LogP contribution in [0.25, 0.3) is 0 Å². The maximum Gasteiger partial charge on any atom is 0.364 e. The van der Waals surface area contributed by atoms with Crippen molar-refractivity contribution in [2.75, 3.05) is 26.4 Å². The second-order valence-corrected chi connectivity index (χ2v) is 34.2. The molecule has 672 valence electrons. The zero-order valence-corrected chi connectivity index (χ0v) is 72.0. The van der Waals surface area contributed by atoms with E-state index in [0.29, 0.717) is 12.8 Å². The second kappa shape index (κ2) is 69.0. The highest BCUT2D eigenvalue weighted by molar-refractivity contribution is 5.77. The number of hydrogen-bond acceptors (Lipinski definition) is 20. The van der Waals surface area contributed by atoms with Crippen molar-refractivity contribution in [2.45, 2.75) is 522 Å². The van der Waals surface area contributed by atoms with E-state index in [0.717, 1.165) is 51.9 Å². The number of nitrogens with one attached hydrogen (secondary N) is 2. The smallest absolute Gasteiger partial charge is 0.364 e.